The van der Waals surface area contributed by atoms with Crippen LogP contribution in [0.1, 0.15) is 25.6 Å². The predicted octanol–water partition coefficient (Wildman–Crippen LogP) is 4.01. The minimum absolute atomic E-state index is 0.297. The smallest absolute Gasteiger partial charge is 0.140 e. The zero-order valence-corrected chi connectivity index (χ0v) is 11.4. The Kier molecular flexibility index (Phi) is 3.11. The summed E-state index contributed by atoms with van der Waals surface area (Å²) in [4.78, 5) is 8.77. The van der Waals surface area contributed by atoms with Crippen LogP contribution >= 0.6 is 34.2 Å². The zero-order chi connectivity index (χ0) is 11.0. The molecule has 0 N–H and O–H groups in total. The second-order valence-corrected chi connectivity index (χ2v) is 5.29. The highest BCUT2D eigenvalue weighted by Gasteiger charge is 2.08. The Balaban J connectivity index is 2.73. The lowest BCUT2D eigenvalue weighted by atomic mass is 10.2. The first-order valence-corrected chi connectivity index (χ1v) is 6.16. The highest BCUT2D eigenvalue weighted by molar-refractivity contribution is 14.1. The molecule has 0 saturated heterocycles. The third-order valence-corrected chi connectivity index (χ3v) is 3.10. The lowest BCUT2D eigenvalue weighted by Gasteiger charge is -2.06. The van der Waals surface area contributed by atoms with E-state index in [1.807, 2.05) is 18.2 Å². The van der Waals surface area contributed by atoms with Crippen molar-refractivity contribution in [2.75, 3.05) is 0 Å². The molecule has 0 unspecified atom stereocenters. The van der Waals surface area contributed by atoms with Gasteiger partial charge < -0.3 is 0 Å². The fourth-order valence-corrected chi connectivity index (χ4v) is 2.07. The topological polar surface area (TPSA) is 25.8 Å². The van der Waals surface area contributed by atoms with Gasteiger partial charge >= 0.3 is 0 Å². The zero-order valence-electron chi connectivity index (χ0n) is 8.46. The molecule has 2 rings (SSSR count). The van der Waals surface area contributed by atoms with E-state index >= 15 is 0 Å². The molecular weight excluding hydrogens is 322 g/mol. The Hall–Kier alpha value is -0.420. The molecule has 0 fully saturated rings. The Labute approximate surface area is 107 Å². The van der Waals surface area contributed by atoms with Gasteiger partial charge in [-0.15, -0.1) is 0 Å². The van der Waals surface area contributed by atoms with Gasteiger partial charge in [-0.05, 0) is 40.8 Å². The molecule has 0 amide bonds. The maximum Gasteiger partial charge on any atom is 0.140 e. The summed E-state index contributed by atoms with van der Waals surface area (Å²) in [5.74, 6) is 1.10. The summed E-state index contributed by atoms with van der Waals surface area (Å²) in [5, 5.41) is 1.47. The molecule has 15 heavy (non-hydrogen) atoms. The molecule has 4 heteroatoms. The Bertz CT molecular complexity index is 511. The van der Waals surface area contributed by atoms with Crippen LogP contribution in [-0.4, -0.2) is 9.97 Å². The first-order valence-electron chi connectivity index (χ1n) is 4.70. The third kappa shape index (κ3) is 2.23. The lowest BCUT2D eigenvalue weighted by molar-refractivity contribution is 0.783. The highest BCUT2D eigenvalue weighted by atomic mass is 127. The summed E-state index contributed by atoms with van der Waals surface area (Å²) >= 11 is 8.38. The van der Waals surface area contributed by atoms with Crippen molar-refractivity contribution in [3.63, 3.8) is 0 Å². The molecule has 0 bridgehead atoms. The quantitative estimate of drug-likeness (QED) is 0.582. The van der Waals surface area contributed by atoms with E-state index in [0.717, 1.165) is 20.3 Å². The van der Waals surface area contributed by atoms with Crippen LogP contribution in [0.2, 0.25) is 5.15 Å². The summed E-state index contributed by atoms with van der Waals surface area (Å²) in [6.45, 7) is 4.12. The van der Waals surface area contributed by atoms with Crippen LogP contribution in [0, 0.1) is 3.57 Å². The molecule has 0 aliphatic heterocycles. The van der Waals surface area contributed by atoms with Crippen molar-refractivity contribution in [3.05, 3.63) is 32.7 Å². The van der Waals surface area contributed by atoms with Crippen molar-refractivity contribution < 1.29 is 0 Å². The van der Waals surface area contributed by atoms with Crippen molar-refractivity contribution in [2.24, 2.45) is 0 Å². The van der Waals surface area contributed by atoms with E-state index in [1.54, 1.807) is 0 Å². The largest absolute Gasteiger partial charge is 0.233 e. The maximum absolute atomic E-state index is 6.12. The van der Waals surface area contributed by atoms with Gasteiger partial charge in [0, 0.05) is 14.9 Å². The summed E-state index contributed by atoms with van der Waals surface area (Å²) < 4.78 is 1.14. The van der Waals surface area contributed by atoms with E-state index in [-0.39, 0.29) is 0 Å². The molecule has 0 spiro atoms. The van der Waals surface area contributed by atoms with Crippen molar-refractivity contribution in [3.8, 4) is 0 Å². The van der Waals surface area contributed by atoms with Gasteiger partial charge in [0.15, 0.2) is 0 Å². The molecule has 2 aromatic rings. The van der Waals surface area contributed by atoms with Gasteiger partial charge in [-0.25, -0.2) is 9.97 Å². The van der Waals surface area contributed by atoms with Gasteiger partial charge in [0.1, 0.15) is 11.0 Å². The standard InChI is InChI=1S/C11H10ClIN2/c1-6(2)11-14-9-4-3-7(13)5-8(9)10(12)15-11/h3-6H,1-2H3. The van der Waals surface area contributed by atoms with Gasteiger partial charge in [-0.2, -0.15) is 0 Å². The van der Waals surface area contributed by atoms with E-state index in [0.29, 0.717) is 11.1 Å². The third-order valence-electron chi connectivity index (χ3n) is 2.14. The minimum Gasteiger partial charge on any atom is -0.233 e. The molecule has 0 atom stereocenters. The molecular formula is C11H10ClIN2. The summed E-state index contributed by atoms with van der Waals surface area (Å²) in [6.07, 6.45) is 0. The van der Waals surface area contributed by atoms with Gasteiger partial charge in [-0.3, -0.25) is 0 Å². The highest BCUT2D eigenvalue weighted by Crippen LogP contribution is 2.24. The van der Waals surface area contributed by atoms with E-state index in [9.17, 15) is 0 Å². The van der Waals surface area contributed by atoms with Crippen LogP contribution < -0.4 is 0 Å². The van der Waals surface area contributed by atoms with Crippen LogP contribution in [-0.2, 0) is 0 Å². The number of hydrogen-bond acceptors (Lipinski definition) is 2. The maximum atomic E-state index is 6.12. The number of fused-ring (bicyclic) bond motifs is 1. The lowest BCUT2D eigenvalue weighted by Crippen LogP contribution is -1.98. The number of nitrogens with zero attached hydrogens (tertiary/aromatic N) is 2. The number of hydrogen-bond donors (Lipinski definition) is 0. The van der Waals surface area contributed by atoms with E-state index < -0.39 is 0 Å². The summed E-state index contributed by atoms with van der Waals surface area (Å²) in [7, 11) is 0. The van der Waals surface area contributed by atoms with Crippen LogP contribution in [0.5, 0.6) is 0 Å². The first kappa shape index (κ1) is 11.1. The van der Waals surface area contributed by atoms with Crippen LogP contribution in [0.3, 0.4) is 0 Å². The van der Waals surface area contributed by atoms with Crippen LogP contribution in [0.4, 0.5) is 0 Å². The number of halogens is 2. The van der Waals surface area contributed by atoms with Gasteiger partial charge in [0.25, 0.3) is 0 Å². The number of rotatable bonds is 1. The molecule has 2 nitrogen and oxygen atoms in total. The Morgan fingerprint density at radius 1 is 1.27 bits per heavy atom. The van der Waals surface area contributed by atoms with Crippen LogP contribution in [0.25, 0.3) is 10.9 Å². The molecule has 1 aromatic heterocycles. The molecule has 0 aliphatic rings. The van der Waals surface area contributed by atoms with Crippen molar-refractivity contribution in [2.45, 2.75) is 19.8 Å². The van der Waals surface area contributed by atoms with Crippen molar-refractivity contribution >= 4 is 45.1 Å². The first-order chi connectivity index (χ1) is 7.08. The van der Waals surface area contributed by atoms with E-state index in [4.69, 9.17) is 11.6 Å². The molecule has 78 valence electrons. The fraction of sp³-hybridized carbons (Fsp3) is 0.273. The minimum atomic E-state index is 0.297. The molecule has 0 aliphatic carbocycles. The van der Waals surface area contributed by atoms with Gasteiger partial charge in [-0.1, -0.05) is 25.4 Å². The van der Waals surface area contributed by atoms with E-state index in [1.165, 1.54) is 0 Å². The van der Waals surface area contributed by atoms with Gasteiger partial charge in [0.05, 0.1) is 5.52 Å². The van der Waals surface area contributed by atoms with E-state index in [2.05, 4.69) is 46.4 Å². The monoisotopic (exact) mass is 332 g/mol. The fourth-order valence-electron chi connectivity index (χ4n) is 1.34. The summed E-state index contributed by atoms with van der Waals surface area (Å²) in [6, 6.07) is 6.01. The molecule has 1 aromatic carbocycles. The second kappa shape index (κ2) is 4.22. The molecule has 0 radical (unpaired) electrons. The summed E-state index contributed by atoms with van der Waals surface area (Å²) in [5.41, 5.74) is 0.916. The van der Waals surface area contributed by atoms with Crippen molar-refractivity contribution in [1.29, 1.82) is 0 Å². The SMILES string of the molecule is CC(C)c1nc(Cl)c2cc(I)ccc2n1. The molecule has 0 saturated carbocycles. The van der Waals surface area contributed by atoms with Crippen molar-refractivity contribution in [1.82, 2.24) is 9.97 Å². The van der Waals surface area contributed by atoms with Crippen LogP contribution in [0.15, 0.2) is 18.2 Å². The Morgan fingerprint density at radius 2 is 2.00 bits per heavy atom. The molecule has 1 heterocycles. The normalized spacial score (nSPS) is 11.3. The average Bonchev–Trinajstić information content (AvgIpc) is 2.18. The Morgan fingerprint density at radius 3 is 2.67 bits per heavy atom. The second-order valence-electron chi connectivity index (χ2n) is 3.69. The average molecular weight is 333 g/mol. The number of aromatic nitrogens is 2. The van der Waals surface area contributed by atoms with Gasteiger partial charge in [0.2, 0.25) is 0 Å². The number of benzene rings is 1. The predicted molar refractivity (Wildman–Crippen MR) is 71.4 cm³/mol.